The number of hydrogen-bond acceptors (Lipinski definition) is 4. The molecule has 0 unspecified atom stereocenters. The van der Waals surface area contributed by atoms with Gasteiger partial charge in [-0.05, 0) is 42.3 Å². The van der Waals surface area contributed by atoms with Crippen LogP contribution in [0.1, 0.15) is 0 Å². The summed E-state index contributed by atoms with van der Waals surface area (Å²) in [4.78, 5) is 6.06. The van der Waals surface area contributed by atoms with Gasteiger partial charge in [0.25, 0.3) is 0 Å². The van der Waals surface area contributed by atoms with Crippen molar-refractivity contribution < 1.29 is 4.74 Å². The maximum absolute atomic E-state index is 5.50. The van der Waals surface area contributed by atoms with Crippen LogP contribution in [0.2, 0.25) is 0 Å². The molecule has 0 aromatic heterocycles. The van der Waals surface area contributed by atoms with Crippen molar-refractivity contribution in [3.8, 4) is 0 Å². The average molecular weight is 175 g/mol. The van der Waals surface area contributed by atoms with E-state index in [0.29, 0.717) is 0 Å². The smallest absolute Gasteiger partial charge is 0.241 e. The minimum Gasteiger partial charge on any atom is -0.338 e. The van der Waals surface area contributed by atoms with E-state index in [1.165, 1.54) is 0 Å². The summed E-state index contributed by atoms with van der Waals surface area (Å²) in [5.74, 6) is -0.458. The second kappa shape index (κ2) is 4.18. The fourth-order valence-electron chi connectivity index (χ4n) is 1.75. The van der Waals surface area contributed by atoms with Crippen LogP contribution in [0.15, 0.2) is 0 Å². The van der Waals surface area contributed by atoms with Gasteiger partial charge >= 0.3 is 0 Å². The molecule has 0 saturated heterocycles. The van der Waals surface area contributed by atoms with E-state index in [1.807, 2.05) is 57.0 Å². The van der Waals surface area contributed by atoms with Crippen LogP contribution in [-0.4, -0.2) is 70.1 Å². The van der Waals surface area contributed by atoms with Gasteiger partial charge in [-0.1, -0.05) is 0 Å². The second-order valence-corrected chi connectivity index (χ2v) is 3.46. The van der Waals surface area contributed by atoms with E-state index in [1.54, 1.807) is 7.11 Å². The van der Waals surface area contributed by atoms with Crippen molar-refractivity contribution in [2.24, 2.45) is 0 Å². The Morgan fingerprint density at radius 2 is 1.00 bits per heavy atom. The molecule has 0 bridgehead atoms. The summed E-state index contributed by atoms with van der Waals surface area (Å²) >= 11 is 0. The minimum atomic E-state index is -0.458. The SMILES string of the molecule is COC(N(C)C)(N(C)C)N(C)C. The van der Waals surface area contributed by atoms with Crippen molar-refractivity contribution >= 4 is 0 Å². The van der Waals surface area contributed by atoms with Gasteiger partial charge in [-0.2, -0.15) is 0 Å². The standard InChI is InChI=1S/C8H21N3O/c1-9(2)8(12-7,10(3)4)11(5)6/h1-7H3. The van der Waals surface area contributed by atoms with Crippen molar-refractivity contribution in [1.82, 2.24) is 14.7 Å². The fraction of sp³-hybridized carbons (Fsp3) is 1.00. The van der Waals surface area contributed by atoms with Gasteiger partial charge in [0, 0.05) is 7.11 Å². The number of hydrogen-bond donors (Lipinski definition) is 0. The Morgan fingerprint density at radius 3 is 1.00 bits per heavy atom. The molecule has 0 N–H and O–H groups in total. The average Bonchev–Trinajstić information content (AvgIpc) is 1.86. The highest BCUT2D eigenvalue weighted by atomic mass is 16.5. The zero-order valence-electron chi connectivity index (χ0n) is 9.25. The Balaban J connectivity index is 4.77. The predicted molar refractivity (Wildman–Crippen MR) is 50.8 cm³/mol. The molecule has 0 amide bonds. The lowest BCUT2D eigenvalue weighted by Gasteiger charge is -2.47. The molecule has 4 nitrogen and oxygen atoms in total. The largest absolute Gasteiger partial charge is 0.338 e. The monoisotopic (exact) mass is 175 g/mol. The number of ether oxygens (including phenoxy) is 1. The zero-order valence-corrected chi connectivity index (χ0v) is 9.25. The Morgan fingerprint density at radius 1 is 0.750 bits per heavy atom. The number of methoxy groups -OCH3 is 1. The van der Waals surface area contributed by atoms with Gasteiger partial charge in [0.1, 0.15) is 0 Å². The summed E-state index contributed by atoms with van der Waals surface area (Å²) in [6, 6.07) is 0. The van der Waals surface area contributed by atoms with Gasteiger partial charge in [0.05, 0.1) is 0 Å². The van der Waals surface area contributed by atoms with E-state index < -0.39 is 5.97 Å². The predicted octanol–water partition coefficient (Wildman–Crippen LogP) is -0.0711. The van der Waals surface area contributed by atoms with E-state index in [-0.39, 0.29) is 0 Å². The molecule has 0 rings (SSSR count). The van der Waals surface area contributed by atoms with Crippen molar-refractivity contribution in [1.29, 1.82) is 0 Å². The quantitative estimate of drug-likeness (QED) is 0.557. The maximum Gasteiger partial charge on any atom is 0.241 e. The molecule has 0 aromatic rings. The summed E-state index contributed by atoms with van der Waals surface area (Å²) in [6.45, 7) is 0. The Bertz CT molecular complexity index is 112. The van der Waals surface area contributed by atoms with E-state index in [9.17, 15) is 0 Å². The third-order valence-corrected chi connectivity index (χ3v) is 2.02. The first kappa shape index (κ1) is 11.8. The van der Waals surface area contributed by atoms with Crippen LogP contribution < -0.4 is 0 Å². The third-order valence-electron chi connectivity index (χ3n) is 2.02. The third kappa shape index (κ3) is 1.77. The lowest BCUT2D eigenvalue weighted by molar-refractivity contribution is -0.281. The zero-order chi connectivity index (χ0) is 9.94. The normalized spacial score (nSPS) is 13.5. The molecule has 0 saturated carbocycles. The van der Waals surface area contributed by atoms with E-state index in [0.717, 1.165) is 0 Å². The molecule has 0 aliphatic heterocycles. The summed E-state index contributed by atoms with van der Waals surface area (Å²) in [6.07, 6.45) is 0. The van der Waals surface area contributed by atoms with Gasteiger partial charge in [-0.25, -0.2) is 0 Å². The molecule has 0 fully saturated rings. The van der Waals surface area contributed by atoms with Crippen LogP contribution >= 0.6 is 0 Å². The first-order valence-electron chi connectivity index (χ1n) is 3.97. The lowest BCUT2D eigenvalue weighted by Crippen LogP contribution is -2.65. The molecule has 0 radical (unpaired) electrons. The molecule has 74 valence electrons. The topological polar surface area (TPSA) is 19.0 Å². The van der Waals surface area contributed by atoms with Crippen molar-refractivity contribution in [3.63, 3.8) is 0 Å². The second-order valence-electron chi connectivity index (χ2n) is 3.46. The highest BCUT2D eigenvalue weighted by Crippen LogP contribution is 2.18. The van der Waals surface area contributed by atoms with Crippen LogP contribution in [-0.2, 0) is 4.74 Å². The molecule has 0 aliphatic rings. The Labute approximate surface area is 75.7 Å². The van der Waals surface area contributed by atoms with Crippen molar-refractivity contribution in [2.45, 2.75) is 5.97 Å². The molecule has 0 aromatic carbocycles. The summed E-state index contributed by atoms with van der Waals surface area (Å²) in [7, 11) is 13.6. The summed E-state index contributed by atoms with van der Waals surface area (Å²) in [5.41, 5.74) is 0. The highest BCUT2D eigenvalue weighted by Gasteiger charge is 2.37. The molecule has 0 aliphatic carbocycles. The highest BCUT2D eigenvalue weighted by molar-refractivity contribution is 4.70. The van der Waals surface area contributed by atoms with Gasteiger partial charge < -0.3 is 4.74 Å². The van der Waals surface area contributed by atoms with Crippen molar-refractivity contribution in [3.05, 3.63) is 0 Å². The van der Waals surface area contributed by atoms with Gasteiger partial charge in [-0.15, -0.1) is 0 Å². The fourth-order valence-corrected chi connectivity index (χ4v) is 1.75. The number of nitrogens with zero attached hydrogens (tertiary/aromatic N) is 3. The van der Waals surface area contributed by atoms with Gasteiger partial charge in [0.15, 0.2) is 0 Å². The molecule has 4 heteroatoms. The first-order chi connectivity index (χ1) is 5.39. The minimum absolute atomic E-state index is 0.458. The first-order valence-corrected chi connectivity index (χ1v) is 3.97. The molecular weight excluding hydrogens is 154 g/mol. The van der Waals surface area contributed by atoms with Gasteiger partial charge in [-0.3, -0.25) is 14.7 Å². The van der Waals surface area contributed by atoms with Crippen LogP contribution in [0, 0.1) is 0 Å². The van der Waals surface area contributed by atoms with Crippen LogP contribution in [0.5, 0.6) is 0 Å². The molecule has 0 atom stereocenters. The lowest BCUT2D eigenvalue weighted by atomic mass is 10.5. The van der Waals surface area contributed by atoms with Crippen LogP contribution in [0.3, 0.4) is 0 Å². The number of rotatable bonds is 4. The maximum atomic E-state index is 5.50. The summed E-state index contributed by atoms with van der Waals surface area (Å²) < 4.78 is 5.50. The van der Waals surface area contributed by atoms with Crippen LogP contribution in [0.25, 0.3) is 0 Å². The Hall–Kier alpha value is -0.160. The molecule has 12 heavy (non-hydrogen) atoms. The molecule has 0 heterocycles. The van der Waals surface area contributed by atoms with Crippen molar-refractivity contribution in [2.75, 3.05) is 49.4 Å². The molecule has 0 spiro atoms. The van der Waals surface area contributed by atoms with Crippen LogP contribution in [0.4, 0.5) is 0 Å². The van der Waals surface area contributed by atoms with E-state index in [4.69, 9.17) is 4.74 Å². The van der Waals surface area contributed by atoms with E-state index >= 15 is 0 Å². The summed E-state index contributed by atoms with van der Waals surface area (Å²) in [5, 5.41) is 0. The van der Waals surface area contributed by atoms with Gasteiger partial charge in [0.2, 0.25) is 5.97 Å². The molecular formula is C8H21N3O. The Kier molecular flexibility index (Phi) is 4.13. The van der Waals surface area contributed by atoms with E-state index in [2.05, 4.69) is 0 Å².